The minimum absolute atomic E-state index is 0.00928. The first-order valence-electron chi connectivity index (χ1n) is 7.09. The number of thioether (sulfide) groups is 1. The minimum atomic E-state index is -0.206. The highest BCUT2D eigenvalue weighted by Gasteiger charge is 2.18. The molecule has 0 fully saturated rings. The van der Waals surface area contributed by atoms with Crippen LogP contribution in [-0.4, -0.2) is 21.9 Å². The molecule has 1 N–H and O–H groups in total. The van der Waals surface area contributed by atoms with E-state index in [-0.39, 0.29) is 16.9 Å². The Hall–Kier alpha value is -2.14. The third-order valence-corrected chi connectivity index (χ3v) is 4.44. The molecule has 2 aromatic rings. The van der Waals surface area contributed by atoms with E-state index in [0.717, 1.165) is 5.03 Å². The summed E-state index contributed by atoms with van der Waals surface area (Å²) in [4.78, 5) is 27.8. The Balaban J connectivity index is 2.01. The number of rotatable bonds is 6. The molecule has 0 aliphatic carbocycles. The summed E-state index contributed by atoms with van der Waals surface area (Å²) in [6.45, 7) is 3.49. The van der Waals surface area contributed by atoms with Crippen LogP contribution >= 0.6 is 11.8 Å². The van der Waals surface area contributed by atoms with Gasteiger partial charge >= 0.3 is 0 Å². The van der Waals surface area contributed by atoms with Gasteiger partial charge in [0.25, 0.3) is 0 Å². The van der Waals surface area contributed by atoms with Crippen LogP contribution in [-0.2, 0) is 4.79 Å². The van der Waals surface area contributed by atoms with Crippen molar-refractivity contribution in [3.63, 3.8) is 0 Å². The molecule has 1 amide bonds. The first-order chi connectivity index (χ1) is 10.6. The van der Waals surface area contributed by atoms with Gasteiger partial charge in [-0.1, -0.05) is 24.8 Å². The van der Waals surface area contributed by atoms with Gasteiger partial charge in [-0.3, -0.25) is 9.59 Å². The van der Waals surface area contributed by atoms with Gasteiger partial charge < -0.3 is 5.32 Å². The largest absolute Gasteiger partial charge is 0.325 e. The molecule has 1 heterocycles. The molecule has 0 saturated heterocycles. The summed E-state index contributed by atoms with van der Waals surface area (Å²) in [6, 6.07) is 12.6. The number of carbonyl (C=O) groups is 2. The third-order valence-electron chi connectivity index (χ3n) is 3.12. The number of carbonyl (C=O) groups excluding carboxylic acids is 2. The fraction of sp³-hybridized carbons (Fsp3) is 0.235. The van der Waals surface area contributed by atoms with Gasteiger partial charge in [-0.2, -0.15) is 0 Å². The second-order valence-corrected chi connectivity index (χ2v) is 6.03. The molecule has 22 heavy (non-hydrogen) atoms. The van der Waals surface area contributed by atoms with Crippen LogP contribution < -0.4 is 5.32 Å². The van der Waals surface area contributed by atoms with Crippen molar-refractivity contribution in [2.45, 2.75) is 30.5 Å². The van der Waals surface area contributed by atoms with E-state index in [1.165, 1.54) is 18.7 Å². The highest BCUT2D eigenvalue weighted by atomic mass is 32.2. The van der Waals surface area contributed by atoms with Gasteiger partial charge in [0.05, 0.1) is 10.3 Å². The summed E-state index contributed by atoms with van der Waals surface area (Å²) in [5.74, 6) is -0.0521. The van der Waals surface area contributed by atoms with E-state index in [0.29, 0.717) is 17.7 Å². The van der Waals surface area contributed by atoms with E-state index < -0.39 is 0 Å². The average Bonchev–Trinajstić information content (AvgIpc) is 2.54. The summed E-state index contributed by atoms with van der Waals surface area (Å²) < 4.78 is 0. The highest BCUT2D eigenvalue weighted by molar-refractivity contribution is 8.00. The summed E-state index contributed by atoms with van der Waals surface area (Å²) in [5.41, 5.74) is 1.32. The van der Waals surface area contributed by atoms with Crippen molar-refractivity contribution >= 4 is 29.1 Å². The third kappa shape index (κ3) is 4.43. The quantitative estimate of drug-likeness (QED) is 0.651. The Morgan fingerprint density at radius 1 is 1.18 bits per heavy atom. The number of nitrogens with zero attached hydrogens (tertiary/aromatic N) is 1. The van der Waals surface area contributed by atoms with Crippen molar-refractivity contribution in [3.05, 3.63) is 54.2 Å². The minimum Gasteiger partial charge on any atom is -0.325 e. The summed E-state index contributed by atoms with van der Waals surface area (Å²) in [5, 5.41) is 3.50. The van der Waals surface area contributed by atoms with Crippen molar-refractivity contribution in [3.8, 4) is 0 Å². The molecule has 1 aromatic heterocycles. The molecule has 1 aromatic carbocycles. The molecule has 0 saturated carbocycles. The maximum absolute atomic E-state index is 12.3. The fourth-order valence-electron chi connectivity index (χ4n) is 1.90. The SMILES string of the molecule is CC[C@@H](Sc1ccccn1)C(=O)Nc1ccc(C(C)=O)cc1. The molecule has 0 spiro atoms. The lowest BCUT2D eigenvalue weighted by Crippen LogP contribution is -2.24. The molecule has 0 aliphatic rings. The molecule has 4 nitrogen and oxygen atoms in total. The van der Waals surface area contributed by atoms with Gasteiger partial charge in [-0.25, -0.2) is 4.98 Å². The lowest BCUT2D eigenvalue weighted by atomic mass is 10.1. The van der Waals surface area contributed by atoms with Crippen LogP contribution in [0.3, 0.4) is 0 Å². The van der Waals surface area contributed by atoms with E-state index in [9.17, 15) is 9.59 Å². The van der Waals surface area contributed by atoms with E-state index >= 15 is 0 Å². The molecule has 0 unspecified atom stereocenters. The molecule has 114 valence electrons. The predicted molar refractivity (Wildman–Crippen MR) is 89.2 cm³/mol. The zero-order chi connectivity index (χ0) is 15.9. The molecule has 0 aliphatic heterocycles. The second kappa shape index (κ2) is 7.75. The lowest BCUT2D eigenvalue weighted by Gasteiger charge is -2.14. The molecule has 2 rings (SSSR count). The first-order valence-corrected chi connectivity index (χ1v) is 7.97. The van der Waals surface area contributed by atoms with Crippen molar-refractivity contribution in [1.29, 1.82) is 0 Å². The number of benzene rings is 1. The summed E-state index contributed by atoms with van der Waals surface area (Å²) in [7, 11) is 0. The average molecular weight is 314 g/mol. The molecule has 5 heteroatoms. The van der Waals surface area contributed by atoms with Gasteiger partial charge in [-0.05, 0) is 49.7 Å². The number of amides is 1. The molecular weight excluding hydrogens is 296 g/mol. The number of hydrogen-bond acceptors (Lipinski definition) is 4. The topological polar surface area (TPSA) is 59.1 Å². The first kappa shape index (κ1) is 16.2. The number of anilines is 1. The predicted octanol–water partition coefficient (Wildman–Crippen LogP) is 3.79. The Kier molecular flexibility index (Phi) is 5.72. The number of aromatic nitrogens is 1. The Labute approximate surface area is 134 Å². The van der Waals surface area contributed by atoms with Crippen LogP contribution in [0.2, 0.25) is 0 Å². The van der Waals surface area contributed by atoms with Crippen LogP contribution in [0, 0.1) is 0 Å². The zero-order valence-corrected chi connectivity index (χ0v) is 13.4. The Morgan fingerprint density at radius 3 is 2.45 bits per heavy atom. The molecule has 0 radical (unpaired) electrons. The number of nitrogens with one attached hydrogen (secondary N) is 1. The maximum Gasteiger partial charge on any atom is 0.237 e. The lowest BCUT2D eigenvalue weighted by molar-refractivity contribution is -0.115. The summed E-state index contributed by atoms with van der Waals surface area (Å²) >= 11 is 1.45. The van der Waals surface area contributed by atoms with Gasteiger partial charge in [0, 0.05) is 17.4 Å². The van der Waals surface area contributed by atoms with E-state index in [1.807, 2.05) is 25.1 Å². The second-order valence-electron chi connectivity index (χ2n) is 4.81. The molecular formula is C17H18N2O2S. The van der Waals surface area contributed by atoms with Gasteiger partial charge in [0.2, 0.25) is 5.91 Å². The zero-order valence-electron chi connectivity index (χ0n) is 12.6. The molecule has 1 atom stereocenters. The van der Waals surface area contributed by atoms with Gasteiger partial charge in [0.15, 0.2) is 5.78 Å². The summed E-state index contributed by atoms with van der Waals surface area (Å²) in [6.07, 6.45) is 2.42. The fourth-order valence-corrected chi connectivity index (χ4v) is 2.80. The van der Waals surface area contributed by atoms with Crippen molar-refractivity contribution in [2.75, 3.05) is 5.32 Å². The van der Waals surface area contributed by atoms with Crippen molar-refractivity contribution < 1.29 is 9.59 Å². The Bertz CT molecular complexity index is 641. The monoisotopic (exact) mass is 314 g/mol. The number of Topliss-reactive ketones (excluding diaryl/α,β-unsaturated/α-hetero) is 1. The van der Waals surface area contributed by atoms with E-state index in [4.69, 9.17) is 0 Å². The highest BCUT2D eigenvalue weighted by Crippen LogP contribution is 2.24. The van der Waals surface area contributed by atoms with Gasteiger partial charge in [0.1, 0.15) is 0 Å². The smallest absolute Gasteiger partial charge is 0.237 e. The van der Waals surface area contributed by atoms with Crippen LogP contribution in [0.15, 0.2) is 53.7 Å². The van der Waals surface area contributed by atoms with Crippen molar-refractivity contribution in [2.24, 2.45) is 0 Å². The number of pyridine rings is 1. The number of hydrogen-bond donors (Lipinski definition) is 1. The van der Waals surface area contributed by atoms with Crippen LogP contribution in [0.4, 0.5) is 5.69 Å². The standard InChI is InChI=1S/C17H18N2O2S/c1-3-15(22-16-6-4-5-11-18-16)17(21)19-14-9-7-13(8-10-14)12(2)20/h4-11,15H,3H2,1-2H3,(H,19,21)/t15-/m1/s1. The van der Waals surface area contributed by atoms with Crippen LogP contribution in [0.5, 0.6) is 0 Å². The van der Waals surface area contributed by atoms with E-state index in [1.54, 1.807) is 30.5 Å². The van der Waals surface area contributed by atoms with Crippen molar-refractivity contribution in [1.82, 2.24) is 4.98 Å². The molecule has 0 bridgehead atoms. The van der Waals surface area contributed by atoms with Crippen LogP contribution in [0.25, 0.3) is 0 Å². The normalized spacial score (nSPS) is 11.7. The maximum atomic E-state index is 12.3. The van der Waals surface area contributed by atoms with E-state index in [2.05, 4.69) is 10.3 Å². The Morgan fingerprint density at radius 2 is 1.91 bits per heavy atom. The van der Waals surface area contributed by atoms with Crippen LogP contribution in [0.1, 0.15) is 30.6 Å². The number of ketones is 1. The van der Waals surface area contributed by atoms with Gasteiger partial charge in [-0.15, -0.1) is 0 Å².